The molecular formula is C18H26ClNO. The minimum absolute atomic E-state index is 0.280. The van der Waals surface area contributed by atoms with Gasteiger partial charge in [-0.1, -0.05) is 31.9 Å². The second-order valence-electron chi connectivity index (χ2n) is 7.04. The van der Waals surface area contributed by atoms with Gasteiger partial charge in [-0.3, -0.25) is 0 Å². The van der Waals surface area contributed by atoms with Gasteiger partial charge in [0.25, 0.3) is 0 Å². The van der Waals surface area contributed by atoms with Crippen LogP contribution in [0.5, 0.6) is 5.75 Å². The number of benzene rings is 1. The molecule has 0 radical (unpaired) electrons. The summed E-state index contributed by atoms with van der Waals surface area (Å²) in [5, 5.41) is 4.56. The fourth-order valence-corrected chi connectivity index (χ4v) is 3.72. The standard InChI is InChI=1S/C18H26ClNO/c1-3-7-18(2,12-20-16-4-5-16)11-14-10-15(19)9-13-6-8-21-17(13)14/h9-10,16,20H,3-8,11-12H2,1-2H3. The van der Waals surface area contributed by atoms with Crippen molar-refractivity contribution < 1.29 is 4.74 Å². The van der Waals surface area contributed by atoms with E-state index in [1.807, 2.05) is 0 Å². The highest BCUT2D eigenvalue weighted by Crippen LogP contribution is 2.38. The van der Waals surface area contributed by atoms with Gasteiger partial charge in [-0.2, -0.15) is 0 Å². The van der Waals surface area contributed by atoms with Crippen LogP contribution in [-0.4, -0.2) is 19.2 Å². The third kappa shape index (κ3) is 3.73. The summed E-state index contributed by atoms with van der Waals surface area (Å²) >= 11 is 6.30. The van der Waals surface area contributed by atoms with Crippen molar-refractivity contribution in [2.45, 2.75) is 58.4 Å². The van der Waals surface area contributed by atoms with Crippen molar-refractivity contribution in [3.8, 4) is 5.75 Å². The zero-order chi connectivity index (χ0) is 14.9. The minimum Gasteiger partial charge on any atom is -0.493 e. The van der Waals surface area contributed by atoms with Crippen molar-refractivity contribution in [3.63, 3.8) is 0 Å². The van der Waals surface area contributed by atoms with Gasteiger partial charge in [-0.05, 0) is 54.4 Å². The fourth-order valence-electron chi connectivity index (χ4n) is 3.46. The zero-order valence-corrected chi connectivity index (χ0v) is 13.9. The molecule has 21 heavy (non-hydrogen) atoms. The van der Waals surface area contributed by atoms with Crippen LogP contribution in [0.1, 0.15) is 50.7 Å². The number of rotatable bonds is 7. The van der Waals surface area contributed by atoms with Gasteiger partial charge in [0.05, 0.1) is 6.61 Å². The zero-order valence-electron chi connectivity index (χ0n) is 13.2. The van der Waals surface area contributed by atoms with Crippen LogP contribution in [0.15, 0.2) is 12.1 Å². The first-order chi connectivity index (χ1) is 10.1. The SMILES string of the molecule is CCCC(C)(CNC1CC1)Cc1cc(Cl)cc2c1OCC2. The van der Waals surface area contributed by atoms with Crippen LogP contribution in [0.3, 0.4) is 0 Å². The molecule has 1 N–H and O–H groups in total. The summed E-state index contributed by atoms with van der Waals surface area (Å²) in [5.74, 6) is 1.10. The molecule has 1 saturated carbocycles. The Bertz CT molecular complexity index is 512. The molecule has 0 saturated heterocycles. The highest BCUT2D eigenvalue weighted by atomic mass is 35.5. The Hall–Kier alpha value is -0.730. The van der Waals surface area contributed by atoms with Crippen molar-refractivity contribution in [3.05, 3.63) is 28.3 Å². The Kier molecular flexibility index (Phi) is 4.46. The fraction of sp³-hybridized carbons (Fsp3) is 0.667. The average molecular weight is 308 g/mol. The van der Waals surface area contributed by atoms with Gasteiger partial charge in [0.1, 0.15) is 5.75 Å². The smallest absolute Gasteiger partial charge is 0.125 e. The Morgan fingerprint density at radius 1 is 1.38 bits per heavy atom. The summed E-state index contributed by atoms with van der Waals surface area (Å²) < 4.78 is 5.87. The third-order valence-electron chi connectivity index (χ3n) is 4.69. The van der Waals surface area contributed by atoms with E-state index in [1.54, 1.807) is 0 Å². The summed E-state index contributed by atoms with van der Waals surface area (Å²) in [6.07, 6.45) is 7.17. The number of hydrogen-bond donors (Lipinski definition) is 1. The first-order valence-corrected chi connectivity index (χ1v) is 8.65. The second kappa shape index (κ2) is 6.18. The maximum atomic E-state index is 6.30. The normalized spacial score (nSPS) is 20.0. The van der Waals surface area contributed by atoms with Gasteiger partial charge in [0.2, 0.25) is 0 Å². The predicted molar refractivity (Wildman–Crippen MR) is 88.4 cm³/mol. The molecule has 0 spiro atoms. The van der Waals surface area contributed by atoms with Gasteiger partial charge >= 0.3 is 0 Å². The Balaban J connectivity index is 1.78. The summed E-state index contributed by atoms with van der Waals surface area (Å²) in [5.41, 5.74) is 2.86. The number of ether oxygens (including phenoxy) is 1. The highest BCUT2D eigenvalue weighted by molar-refractivity contribution is 6.30. The lowest BCUT2D eigenvalue weighted by molar-refractivity contribution is 0.268. The van der Waals surface area contributed by atoms with Crippen LogP contribution < -0.4 is 10.1 Å². The van der Waals surface area contributed by atoms with Crippen molar-refractivity contribution in [2.75, 3.05) is 13.2 Å². The van der Waals surface area contributed by atoms with E-state index in [-0.39, 0.29) is 5.41 Å². The van der Waals surface area contributed by atoms with Crippen LogP contribution in [0, 0.1) is 5.41 Å². The van der Waals surface area contributed by atoms with E-state index >= 15 is 0 Å². The van der Waals surface area contributed by atoms with Crippen LogP contribution in [-0.2, 0) is 12.8 Å². The van der Waals surface area contributed by atoms with Crippen molar-refractivity contribution in [1.82, 2.24) is 5.32 Å². The van der Waals surface area contributed by atoms with Crippen LogP contribution >= 0.6 is 11.6 Å². The number of halogens is 1. The molecule has 1 aromatic rings. The van der Waals surface area contributed by atoms with Crippen molar-refractivity contribution in [2.24, 2.45) is 5.41 Å². The first kappa shape index (κ1) is 15.2. The average Bonchev–Trinajstić information content (AvgIpc) is 3.14. The van der Waals surface area contributed by atoms with Crippen LogP contribution in [0.4, 0.5) is 0 Å². The van der Waals surface area contributed by atoms with Gasteiger partial charge in [0.15, 0.2) is 0 Å². The Labute approximate surface area is 133 Å². The summed E-state index contributed by atoms with van der Waals surface area (Å²) in [7, 11) is 0. The van der Waals surface area contributed by atoms with Crippen molar-refractivity contribution >= 4 is 11.6 Å². The van der Waals surface area contributed by atoms with Crippen LogP contribution in [0.25, 0.3) is 0 Å². The molecule has 116 valence electrons. The van der Waals surface area contributed by atoms with E-state index in [2.05, 4.69) is 31.3 Å². The molecule has 2 aliphatic rings. The van der Waals surface area contributed by atoms with E-state index in [1.165, 1.54) is 36.8 Å². The molecule has 1 aliphatic heterocycles. The molecule has 1 heterocycles. The lowest BCUT2D eigenvalue weighted by atomic mass is 9.79. The Morgan fingerprint density at radius 2 is 2.19 bits per heavy atom. The van der Waals surface area contributed by atoms with E-state index < -0.39 is 0 Å². The van der Waals surface area contributed by atoms with E-state index in [0.29, 0.717) is 0 Å². The quantitative estimate of drug-likeness (QED) is 0.807. The monoisotopic (exact) mass is 307 g/mol. The summed E-state index contributed by atoms with van der Waals surface area (Å²) in [6, 6.07) is 4.94. The summed E-state index contributed by atoms with van der Waals surface area (Å²) in [4.78, 5) is 0. The molecule has 1 aromatic carbocycles. The van der Waals surface area contributed by atoms with Crippen LogP contribution in [0.2, 0.25) is 5.02 Å². The van der Waals surface area contributed by atoms with Gasteiger partial charge in [-0.25, -0.2) is 0 Å². The molecule has 3 rings (SSSR count). The minimum atomic E-state index is 0.280. The molecule has 1 unspecified atom stereocenters. The van der Waals surface area contributed by atoms with E-state index in [9.17, 15) is 0 Å². The lowest BCUT2D eigenvalue weighted by Gasteiger charge is -2.30. The van der Waals surface area contributed by atoms with E-state index in [0.717, 1.165) is 42.8 Å². The first-order valence-electron chi connectivity index (χ1n) is 8.27. The molecule has 3 heteroatoms. The molecule has 0 bridgehead atoms. The van der Waals surface area contributed by atoms with Gasteiger partial charge in [-0.15, -0.1) is 0 Å². The van der Waals surface area contributed by atoms with Gasteiger partial charge < -0.3 is 10.1 Å². The topological polar surface area (TPSA) is 21.3 Å². The largest absolute Gasteiger partial charge is 0.493 e. The highest BCUT2D eigenvalue weighted by Gasteiger charge is 2.30. The number of nitrogens with one attached hydrogen (secondary N) is 1. The molecule has 1 aliphatic carbocycles. The number of fused-ring (bicyclic) bond motifs is 1. The third-order valence-corrected chi connectivity index (χ3v) is 4.91. The molecule has 0 aromatic heterocycles. The Morgan fingerprint density at radius 3 is 2.90 bits per heavy atom. The van der Waals surface area contributed by atoms with E-state index in [4.69, 9.17) is 16.3 Å². The molecule has 1 fully saturated rings. The molecule has 0 amide bonds. The number of hydrogen-bond acceptors (Lipinski definition) is 2. The second-order valence-corrected chi connectivity index (χ2v) is 7.48. The predicted octanol–water partition coefficient (Wildman–Crippen LogP) is 4.38. The summed E-state index contributed by atoms with van der Waals surface area (Å²) in [6.45, 7) is 6.56. The van der Waals surface area contributed by atoms with Crippen molar-refractivity contribution in [1.29, 1.82) is 0 Å². The lowest BCUT2D eigenvalue weighted by Crippen LogP contribution is -2.35. The molecular weight excluding hydrogens is 282 g/mol. The van der Waals surface area contributed by atoms with Gasteiger partial charge in [0, 0.05) is 24.0 Å². The molecule has 1 atom stereocenters. The molecule has 2 nitrogen and oxygen atoms in total. The maximum Gasteiger partial charge on any atom is 0.125 e. The maximum absolute atomic E-state index is 6.30.